The Kier molecular flexibility index (Phi) is 13.2. The summed E-state index contributed by atoms with van der Waals surface area (Å²) in [4.78, 5) is 17.1. The highest BCUT2D eigenvalue weighted by atomic mass is 32.2. The fourth-order valence-electron chi connectivity index (χ4n) is 7.85. The number of aromatic amines is 1. The molecule has 4 aromatic carbocycles. The van der Waals surface area contributed by atoms with Gasteiger partial charge in [-0.2, -0.15) is 10.2 Å². The Morgan fingerprint density at radius 1 is 0.938 bits per heavy atom. The van der Waals surface area contributed by atoms with Gasteiger partial charge in [-0.1, -0.05) is 42.0 Å². The molecule has 14 nitrogen and oxygen atoms in total. The van der Waals surface area contributed by atoms with Crippen LogP contribution in [0.15, 0.2) is 102 Å². The maximum Gasteiger partial charge on any atom is 0.306 e. The Hall–Kier alpha value is -6.24. The standard InChI is InChI=1S/C47H50F2N6O8S2/c1-7-62-42(57)19-14-31-10-8-11-32(24-31)47(5,21-9-23-64(58,59)46(3,4)33-27-50-51-28-33)45-52-44(54(6)53-45)37-25-34(15-18-39(37)48)63-43-38(29-56)36-20-22-55(41(36)26-40(43)49)65(60,61)35-16-12-30(2)13-17-35/h8,10-13,15-18,20,22,24-28,56H,7,9,14,19,21,23,29H2,1-6H3,(H,50,51). The molecule has 3 heterocycles. The van der Waals surface area contributed by atoms with E-state index >= 15 is 8.78 Å². The van der Waals surface area contributed by atoms with Crippen LogP contribution in [-0.2, 0) is 59.6 Å². The summed E-state index contributed by atoms with van der Waals surface area (Å²) in [6.45, 7) is 8.25. The molecule has 0 aliphatic heterocycles. The van der Waals surface area contributed by atoms with Gasteiger partial charge in [0, 0.05) is 48.4 Å². The zero-order valence-corrected chi connectivity index (χ0v) is 38.4. The first-order chi connectivity index (χ1) is 30.8. The number of H-pyrrole nitrogens is 1. The lowest BCUT2D eigenvalue weighted by Crippen LogP contribution is -2.32. The summed E-state index contributed by atoms with van der Waals surface area (Å²) in [7, 11) is -6.27. The quantitative estimate of drug-likeness (QED) is 0.0790. The smallest absolute Gasteiger partial charge is 0.306 e. The summed E-state index contributed by atoms with van der Waals surface area (Å²) in [5, 5.41) is 22.1. The van der Waals surface area contributed by atoms with Crippen molar-refractivity contribution in [2.45, 2.75) is 82.0 Å². The second-order valence-electron chi connectivity index (χ2n) is 16.6. The number of sulfone groups is 1. The largest absolute Gasteiger partial charge is 0.466 e. The molecule has 0 bridgehead atoms. The van der Waals surface area contributed by atoms with E-state index in [0.29, 0.717) is 12.0 Å². The fourth-order valence-corrected chi connectivity index (χ4v) is 10.7. The lowest BCUT2D eigenvalue weighted by molar-refractivity contribution is -0.143. The zero-order chi connectivity index (χ0) is 46.9. The average Bonchev–Trinajstić information content (AvgIpc) is 4.06. The zero-order valence-electron chi connectivity index (χ0n) is 36.8. The molecule has 18 heteroatoms. The average molecular weight is 929 g/mol. The Morgan fingerprint density at radius 3 is 2.38 bits per heavy atom. The Bertz CT molecular complexity index is 3090. The van der Waals surface area contributed by atoms with E-state index in [0.717, 1.165) is 32.8 Å². The minimum atomic E-state index is -4.14. The van der Waals surface area contributed by atoms with E-state index < -0.39 is 48.3 Å². The first-order valence-electron chi connectivity index (χ1n) is 20.9. The Morgan fingerprint density at radius 2 is 1.69 bits per heavy atom. The molecule has 0 radical (unpaired) electrons. The summed E-state index contributed by atoms with van der Waals surface area (Å²) in [6.07, 6.45) is 5.31. The summed E-state index contributed by atoms with van der Waals surface area (Å²) < 4.78 is 99.0. The maximum absolute atomic E-state index is 16.1. The molecular formula is C47H50F2N6O8S2. The van der Waals surface area contributed by atoms with Crippen molar-refractivity contribution in [1.29, 1.82) is 0 Å². The fraction of sp³-hybridized carbons (Fsp3) is 0.319. The van der Waals surface area contributed by atoms with E-state index in [-0.39, 0.29) is 87.7 Å². The number of fused-ring (bicyclic) bond motifs is 1. The van der Waals surface area contributed by atoms with Crippen molar-refractivity contribution in [2.75, 3.05) is 12.4 Å². The molecule has 0 amide bonds. The predicted molar refractivity (Wildman–Crippen MR) is 241 cm³/mol. The normalized spacial score (nSPS) is 13.2. The molecule has 0 aliphatic carbocycles. The van der Waals surface area contributed by atoms with Gasteiger partial charge in [0.2, 0.25) is 0 Å². The van der Waals surface area contributed by atoms with Crippen LogP contribution < -0.4 is 4.74 Å². The molecule has 7 rings (SSSR count). The van der Waals surface area contributed by atoms with E-state index in [9.17, 15) is 26.7 Å². The van der Waals surface area contributed by atoms with Gasteiger partial charge in [-0.3, -0.25) is 9.89 Å². The number of aliphatic hydroxyl groups is 1. The van der Waals surface area contributed by atoms with Crippen molar-refractivity contribution >= 4 is 36.7 Å². The number of aliphatic hydroxyl groups excluding tert-OH is 1. The molecule has 1 atom stereocenters. The molecule has 7 aromatic rings. The third kappa shape index (κ3) is 9.19. The molecule has 1 unspecified atom stereocenters. The Labute approximate surface area is 376 Å². The van der Waals surface area contributed by atoms with Crippen LogP contribution in [0, 0.1) is 18.6 Å². The first-order valence-corrected chi connectivity index (χ1v) is 24.0. The Balaban J connectivity index is 1.23. The summed E-state index contributed by atoms with van der Waals surface area (Å²) in [6, 6.07) is 19.9. The van der Waals surface area contributed by atoms with Gasteiger partial charge in [-0.15, -0.1) is 0 Å². The third-order valence-corrected chi connectivity index (χ3v) is 16.2. The van der Waals surface area contributed by atoms with E-state index in [4.69, 9.17) is 19.6 Å². The lowest BCUT2D eigenvalue weighted by Gasteiger charge is -2.29. The van der Waals surface area contributed by atoms with Crippen molar-refractivity contribution in [3.05, 3.63) is 143 Å². The minimum Gasteiger partial charge on any atom is -0.466 e. The highest BCUT2D eigenvalue weighted by Gasteiger charge is 2.39. The molecule has 342 valence electrons. The number of esters is 1. The number of carbonyl (C=O) groups excluding carboxylic acids is 1. The van der Waals surface area contributed by atoms with Crippen molar-refractivity contribution < 1.29 is 45.0 Å². The van der Waals surface area contributed by atoms with Gasteiger partial charge in [-0.05, 0) is 101 Å². The van der Waals surface area contributed by atoms with Crippen molar-refractivity contribution in [3.8, 4) is 22.9 Å². The van der Waals surface area contributed by atoms with Crippen molar-refractivity contribution in [1.82, 2.24) is 28.9 Å². The number of hydrogen-bond acceptors (Lipinski definition) is 11. The number of nitrogens with one attached hydrogen (secondary N) is 1. The van der Waals surface area contributed by atoms with Crippen LogP contribution in [0.25, 0.3) is 22.3 Å². The monoisotopic (exact) mass is 928 g/mol. The number of rotatable bonds is 18. The molecule has 0 spiro atoms. The third-order valence-electron chi connectivity index (χ3n) is 11.9. The second-order valence-corrected chi connectivity index (χ2v) is 21.0. The topological polar surface area (TPSA) is 188 Å². The van der Waals surface area contributed by atoms with E-state index in [2.05, 4.69) is 10.2 Å². The van der Waals surface area contributed by atoms with E-state index in [1.165, 1.54) is 47.4 Å². The van der Waals surface area contributed by atoms with Gasteiger partial charge >= 0.3 is 5.97 Å². The van der Waals surface area contributed by atoms with Crippen LogP contribution >= 0.6 is 0 Å². The van der Waals surface area contributed by atoms with Crippen LogP contribution in [0.2, 0.25) is 0 Å². The van der Waals surface area contributed by atoms with Gasteiger partial charge < -0.3 is 14.6 Å². The number of aromatic nitrogens is 6. The van der Waals surface area contributed by atoms with Crippen molar-refractivity contribution in [2.24, 2.45) is 7.05 Å². The summed E-state index contributed by atoms with van der Waals surface area (Å²) in [5.41, 5.74) is 1.82. The molecule has 0 saturated heterocycles. The number of carbonyl (C=O) groups is 1. The van der Waals surface area contributed by atoms with Crippen LogP contribution in [0.1, 0.15) is 80.6 Å². The van der Waals surface area contributed by atoms with Gasteiger partial charge in [0.15, 0.2) is 33.1 Å². The summed E-state index contributed by atoms with van der Waals surface area (Å²) >= 11 is 0. The van der Waals surface area contributed by atoms with Gasteiger partial charge in [0.25, 0.3) is 10.0 Å². The first kappa shape index (κ1) is 46.7. The molecule has 0 saturated carbocycles. The van der Waals surface area contributed by atoms with Gasteiger partial charge in [0.1, 0.15) is 11.6 Å². The van der Waals surface area contributed by atoms with Crippen LogP contribution in [0.3, 0.4) is 0 Å². The minimum absolute atomic E-state index is 0.00379. The number of hydrogen-bond donors (Lipinski definition) is 2. The van der Waals surface area contributed by atoms with Crippen LogP contribution in [-0.4, -0.2) is 69.2 Å². The highest BCUT2D eigenvalue weighted by molar-refractivity contribution is 7.92. The molecule has 0 fully saturated rings. The molecule has 65 heavy (non-hydrogen) atoms. The number of nitrogens with zero attached hydrogens (tertiary/aromatic N) is 5. The van der Waals surface area contributed by atoms with Crippen LogP contribution in [0.5, 0.6) is 11.5 Å². The molecule has 0 aliphatic rings. The number of halogens is 2. The predicted octanol–water partition coefficient (Wildman–Crippen LogP) is 8.20. The SMILES string of the molecule is CCOC(=O)CCc1cccc(C(C)(CCCS(=O)(=O)C(C)(C)c2cn[nH]c2)c2nc(-c3cc(Oc4c(F)cc5c(ccn5S(=O)(=O)c5ccc(C)cc5)c4CO)ccc3F)n(C)n2)c1. The van der Waals surface area contributed by atoms with Gasteiger partial charge in [0.05, 0.1) is 51.3 Å². The van der Waals surface area contributed by atoms with Crippen LogP contribution in [0.4, 0.5) is 8.78 Å². The number of ether oxygens (including phenoxy) is 2. The van der Waals surface area contributed by atoms with Crippen molar-refractivity contribution in [3.63, 3.8) is 0 Å². The number of aryl methyl sites for hydroxylation is 3. The number of benzene rings is 4. The van der Waals surface area contributed by atoms with E-state index in [1.54, 1.807) is 46.1 Å². The second kappa shape index (κ2) is 18.3. The summed E-state index contributed by atoms with van der Waals surface area (Å²) in [5.74, 6) is -2.25. The highest BCUT2D eigenvalue weighted by Crippen LogP contribution is 2.40. The molecule has 2 N–H and O–H groups in total. The lowest BCUT2D eigenvalue weighted by atomic mass is 9.77. The van der Waals surface area contributed by atoms with E-state index in [1.807, 2.05) is 38.1 Å². The maximum atomic E-state index is 16.1. The molecular weight excluding hydrogens is 879 g/mol. The molecule has 3 aromatic heterocycles. The van der Waals surface area contributed by atoms with Gasteiger partial charge in [-0.25, -0.2) is 39.3 Å².